The Hall–Kier alpha value is -2.40. The average molecular weight is 295 g/mol. The third kappa shape index (κ3) is 3.09. The number of rotatable bonds is 6. The van der Waals surface area contributed by atoms with Gasteiger partial charge in [0.15, 0.2) is 0 Å². The molecule has 1 atom stereocenters. The number of imidazole rings is 2. The average Bonchev–Trinajstić information content (AvgIpc) is 3.24. The van der Waals surface area contributed by atoms with Crippen LogP contribution in [0.3, 0.4) is 0 Å². The predicted molar refractivity (Wildman–Crippen MR) is 86.7 cm³/mol. The van der Waals surface area contributed by atoms with E-state index in [-0.39, 0.29) is 6.04 Å². The van der Waals surface area contributed by atoms with Gasteiger partial charge in [-0.25, -0.2) is 9.97 Å². The molecule has 0 aliphatic heterocycles. The first-order valence-corrected chi connectivity index (χ1v) is 7.59. The van der Waals surface area contributed by atoms with Gasteiger partial charge in [-0.05, 0) is 31.5 Å². The van der Waals surface area contributed by atoms with E-state index in [0.29, 0.717) is 0 Å². The monoisotopic (exact) mass is 295 g/mol. The Morgan fingerprint density at radius 3 is 2.64 bits per heavy atom. The summed E-state index contributed by atoms with van der Waals surface area (Å²) in [6.07, 6.45) is 9.41. The summed E-state index contributed by atoms with van der Waals surface area (Å²) >= 11 is 0. The summed E-state index contributed by atoms with van der Waals surface area (Å²) < 4.78 is 4.16. The molecule has 1 aromatic carbocycles. The summed E-state index contributed by atoms with van der Waals surface area (Å²) in [5, 5.41) is 3.53. The molecule has 0 fully saturated rings. The van der Waals surface area contributed by atoms with Crippen LogP contribution < -0.4 is 5.32 Å². The Labute approximate surface area is 130 Å². The summed E-state index contributed by atoms with van der Waals surface area (Å²) in [7, 11) is 0. The zero-order chi connectivity index (χ0) is 15.4. The Kier molecular flexibility index (Phi) is 4.34. The molecule has 5 nitrogen and oxygen atoms in total. The van der Waals surface area contributed by atoms with Gasteiger partial charge in [0.1, 0.15) is 5.82 Å². The van der Waals surface area contributed by atoms with Crippen LogP contribution in [-0.2, 0) is 13.1 Å². The number of nitrogens with one attached hydrogen (secondary N) is 1. The van der Waals surface area contributed by atoms with Gasteiger partial charge >= 0.3 is 0 Å². The van der Waals surface area contributed by atoms with E-state index in [0.717, 1.165) is 24.6 Å². The molecule has 22 heavy (non-hydrogen) atoms. The van der Waals surface area contributed by atoms with Gasteiger partial charge in [0, 0.05) is 43.6 Å². The Bertz CT molecular complexity index is 697. The number of benzene rings is 1. The molecule has 1 unspecified atom stereocenters. The van der Waals surface area contributed by atoms with Crippen LogP contribution in [0.2, 0.25) is 0 Å². The molecule has 0 bridgehead atoms. The van der Waals surface area contributed by atoms with E-state index in [1.54, 1.807) is 12.5 Å². The third-order valence-electron chi connectivity index (χ3n) is 3.83. The van der Waals surface area contributed by atoms with Crippen molar-refractivity contribution in [2.45, 2.75) is 33.0 Å². The van der Waals surface area contributed by atoms with Crippen LogP contribution in [0.15, 0.2) is 55.4 Å². The van der Waals surface area contributed by atoms with Gasteiger partial charge < -0.3 is 14.5 Å². The van der Waals surface area contributed by atoms with Crippen molar-refractivity contribution in [1.29, 1.82) is 0 Å². The van der Waals surface area contributed by atoms with Crippen LogP contribution in [0.1, 0.15) is 31.3 Å². The van der Waals surface area contributed by atoms with Crippen molar-refractivity contribution >= 4 is 0 Å². The molecule has 0 aliphatic rings. The highest BCUT2D eigenvalue weighted by Gasteiger charge is 2.10. The van der Waals surface area contributed by atoms with Crippen LogP contribution in [0, 0.1) is 0 Å². The Balaban J connectivity index is 1.62. The molecular weight excluding hydrogens is 274 g/mol. The summed E-state index contributed by atoms with van der Waals surface area (Å²) in [5.41, 5.74) is 2.38. The summed E-state index contributed by atoms with van der Waals surface area (Å²) in [6, 6.07) is 8.72. The maximum Gasteiger partial charge on any atom is 0.125 e. The molecule has 0 saturated heterocycles. The molecule has 0 amide bonds. The molecule has 3 rings (SSSR count). The first-order chi connectivity index (χ1) is 10.8. The summed E-state index contributed by atoms with van der Waals surface area (Å²) in [5.74, 6) is 1.08. The molecule has 0 aliphatic carbocycles. The van der Waals surface area contributed by atoms with E-state index in [1.165, 1.54) is 5.56 Å². The lowest BCUT2D eigenvalue weighted by molar-refractivity contribution is 0.517. The molecule has 2 aromatic heterocycles. The third-order valence-corrected chi connectivity index (χ3v) is 3.83. The van der Waals surface area contributed by atoms with Gasteiger partial charge in [-0.1, -0.05) is 12.1 Å². The predicted octanol–water partition coefficient (Wildman–Crippen LogP) is 2.94. The highest BCUT2D eigenvalue weighted by molar-refractivity contribution is 5.34. The van der Waals surface area contributed by atoms with Crippen LogP contribution >= 0.6 is 0 Å². The van der Waals surface area contributed by atoms with Gasteiger partial charge in [-0.15, -0.1) is 0 Å². The molecule has 2 heterocycles. The van der Waals surface area contributed by atoms with E-state index in [1.807, 2.05) is 23.2 Å². The van der Waals surface area contributed by atoms with Crippen molar-refractivity contribution in [3.63, 3.8) is 0 Å². The lowest BCUT2D eigenvalue weighted by Gasteiger charge is -2.15. The normalized spacial score (nSPS) is 12.5. The van der Waals surface area contributed by atoms with Gasteiger partial charge in [-0.2, -0.15) is 0 Å². The van der Waals surface area contributed by atoms with Crippen molar-refractivity contribution < 1.29 is 0 Å². The summed E-state index contributed by atoms with van der Waals surface area (Å²) in [4.78, 5) is 8.50. The minimum atomic E-state index is 0.225. The van der Waals surface area contributed by atoms with E-state index < -0.39 is 0 Å². The first-order valence-electron chi connectivity index (χ1n) is 7.59. The molecule has 0 spiro atoms. The standard InChI is InChI=1S/C17H21N5/c1-3-21-11-9-19-17(21)14(2)20-12-15-4-6-16(7-5-15)22-10-8-18-13-22/h4-11,13-14,20H,3,12H2,1-2H3. The lowest BCUT2D eigenvalue weighted by Crippen LogP contribution is -2.21. The maximum absolute atomic E-state index is 4.44. The number of hydrogen-bond acceptors (Lipinski definition) is 3. The molecule has 1 N–H and O–H groups in total. The van der Waals surface area contributed by atoms with E-state index >= 15 is 0 Å². The molecule has 0 saturated carbocycles. The van der Waals surface area contributed by atoms with Crippen molar-refractivity contribution in [2.75, 3.05) is 0 Å². The van der Waals surface area contributed by atoms with Crippen molar-refractivity contribution in [3.8, 4) is 5.69 Å². The first kappa shape index (κ1) is 14.5. The van der Waals surface area contributed by atoms with Crippen LogP contribution in [0.25, 0.3) is 5.69 Å². The van der Waals surface area contributed by atoms with Gasteiger partial charge in [0.25, 0.3) is 0 Å². The number of aryl methyl sites for hydroxylation is 1. The van der Waals surface area contributed by atoms with E-state index in [9.17, 15) is 0 Å². The number of hydrogen-bond donors (Lipinski definition) is 1. The Morgan fingerprint density at radius 1 is 1.14 bits per heavy atom. The van der Waals surface area contributed by atoms with Crippen molar-refractivity contribution in [1.82, 2.24) is 24.4 Å². The molecular formula is C17H21N5. The smallest absolute Gasteiger partial charge is 0.125 e. The fraction of sp³-hybridized carbons (Fsp3) is 0.294. The van der Waals surface area contributed by atoms with Crippen molar-refractivity contribution in [2.24, 2.45) is 0 Å². The Morgan fingerprint density at radius 2 is 1.95 bits per heavy atom. The summed E-state index contributed by atoms with van der Waals surface area (Å²) in [6.45, 7) is 6.05. The zero-order valence-corrected chi connectivity index (χ0v) is 13.0. The maximum atomic E-state index is 4.44. The molecule has 3 aromatic rings. The second-order valence-electron chi connectivity index (χ2n) is 5.31. The van der Waals surface area contributed by atoms with Gasteiger partial charge in [-0.3, -0.25) is 0 Å². The van der Waals surface area contributed by atoms with E-state index in [2.05, 4.69) is 58.0 Å². The van der Waals surface area contributed by atoms with E-state index in [4.69, 9.17) is 0 Å². The minimum Gasteiger partial charge on any atom is -0.334 e. The molecule has 5 heteroatoms. The fourth-order valence-electron chi connectivity index (χ4n) is 2.53. The number of nitrogens with zero attached hydrogens (tertiary/aromatic N) is 4. The molecule has 0 radical (unpaired) electrons. The minimum absolute atomic E-state index is 0.225. The van der Waals surface area contributed by atoms with Crippen molar-refractivity contribution in [3.05, 3.63) is 66.8 Å². The van der Waals surface area contributed by atoms with Crippen LogP contribution in [0.5, 0.6) is 0 Å². The lowest BCUT2D eigenvalue weighted by atomic mass is 10.2. The number of aromatic nitrogens is 4. The molecule has 114 valence electrons. The van der Waals surface area contributed by atoms with Crippen LogP contribution in [-0.4, -0.2) is 19.1 Å². The topological polar surface area (TPSA) is 47.7 Å². The van der Waals surface area contributed by atoms with Gasteiger partial charge in [0.2, 0.25) is 0 Å². The largest absolute Gasteiger partial charge is 0.334 e. The van der Waals surface area contributed by atoms with Gasteiger partial charge in [0.05, 0.1) is 12.4 Å². The fourth-order valence-corrected chi connectivity index (χ4v) is 2.53. The highest BCUT2D eigenvalue weighted by atomic mass is 15.1. The SMILES string of the molecule is CCn1ccnc1C(C)NCc1ccc(-n2ccnc2)cc1. The highest BCUT2D eigenvalue weighted by Crippen LogP contribution is 2.13. The second kappa shape index (κ2) is 6.58. The zero-order valence-electron chi connectivity index (χ0n) is 13.0. The quantitative estimate of drug-likeness (QED) is 0.760. The van der Waals surface area contributed by atoms with Crippen LogP contribution in [0.4, 0.5) is 0 Å². The second-order valence-corrected chi connectivity index (χ2v) is 5.31.